The Morgan fingerprint density at radius 1 is 1.32 bits per heavy atom. The number of nitrogens with one attached hydrogen (secondary N) is 1. The zero-order valence-corrected chi connectivity index (χ0v) is 11.8. The summed E-state index contributed by atoms with van der Waals surface area (Å²) in [6.45, 7) is 0. The molecule has 4 rings (SSSR count). The average molecular weight is 297 g/mol. The Morgan fingerprint density at radius 2 is 2.09 bits per heavy atom. The maximum absolute atomic E-state index is 12.4. The van der Waals surface area contributed by atoms with Gasteiger partial charge in [-0.05, 0) is 6.07 Å². The Labute approximate surface area is 122 Å². The number of nitrogens with zero attached hydrogens (tertiary/aromatic N) is 4. The van der Waals surface area contributed by atoms with Crippen molar-refractivity contribution in [1.82, 2.24) is 24.4 Å². The van der Waals surface area contributed by atoms with E-state index in [1.165, 1.54) is 11.6 Å². The van der Waals surface area contributed by atoms with Crippen molar-refractivity contribution in [2.45, 2.75) is 0 Å². The minimum Gasteiger partial charge on any atom is -0.464 e. The molecular weight excluding hydrogens is 286 g/mol. The number of benzene rings is 1. The number of aromatic amines is 1. The van der Waals surface area contributed by atoms with Crippen molar-refractivity contribution in [2.24, 2.45) is 7.05 Å². The molecule has 0 radical (unpaired) electrons. The number of methoxy groups -OCH3 is 1. The van der Waals surface area contributed by atoms with E-state index >= 15 is 0 Å². The number of para-hydroxylation sites is 1. The van der Waals surface area contributed by atoms with E-state index in [1.54, 1.807) is 0 Å². The van der Waals surface area contributed by atoms with E-state index in [-0.39, 0.29) is 11.3 Å². The molecule has 0 amide bonds. The molecule has 22 heavy (non-hydrogen) atoms. The molecule has 0 saturated carbocycles. The quantitative estimate of drug-likeness (QED) is 0.526. The van der Waals surface area contributed by atoms with Crippen LogP contribution in [0.5, 0.6) is 0 Å². The van der Waals surface area contributed by atoms with Crippen LogP contribution in [-0.4, -0.2) is 37.5 Å². The summed E-state index contributed by atoms with van der Waals surface area (Å²) in [7, 11) is 3.09. The molecule has 0 spiro atoms. The molecule has 0 aliphatic rings. The Kier molecular flexibility index (Phi) is 2.38. The summed E-state index contributed by atoms with van der Waals surface area (Å²) < 4.78 is 8.04. The predicted molar refractivity (Wildman–Crippen MR) is 78.9 cm³/mol. The molecule has 1 aromatic carbocycles. The van der Waals surface area contributed by atoms with Crippen LogP contribution in [0.3, 0.4) is 0 Å². The summed E-state index contributed by atoms with van der Waals surface area (Å²) in [5, 5.41) is 7.93. The number of rotatable bonds is 1. The zero-order chi connectivity index (χ0) is 15.4. The van der Waals surface area contributed by atoms with Gasteiger partial charge in [-0.2, -0.15) is 4.98 Å². The minimum atomic E-state index is -0.649. The normalized spacial score (nSPS) is 11.5. The first kappa shape index (κ1) is 12.6. The second-order valence-corrected chi connectivity index (χ2v) is 4.90. The summed E-state index contributed by atoms with van der Waals surface area (Å²) in [5.74, 6) is -0.649. The zero-order valence-electron chi connectivity index (χ0n) is 11.8. The van der Waals surface area contributed by atoms with Gasteiger partial charge in [0.05, 0.1) is 18.0 Å². The first-order chi connectivity index (χ1) is 10.6. The Morgan fingerprint density at radius 3 is 2.86 bits per heavy atom. The van der Waals surface area contributed by atoms with Crippen LogP contribution in [0, 0.1) is 0 Å². The maximum Gasteiger partial charge on any atom is 0.362 e. The highest BCUT2D eigenvalue weighted by Crippen LogP contribution is 2.25. The number of hydrogen-bond acceptors (Lipinski definition) is 5. The first-order valence-electron chi connectivity index (χ1n) is 6.56. The van der Waals surface area contributed by atoms with Gasteiger partial charge in [-0.25, -0.2) is 14.5 Å². The number of carbonyl (C=O) groups is 1. The Hall–Kier alpha value is -3.16. The van der Waals surface area contributed by atoms with E-state index < -0.39 is 11.5 Å². The van der Waals surface area contributed by atoms with Crippen molar-refractivity contribution in [1.29, 1.82) is 0 Å². The van der Waals surface area contributed by atoms with Gasteiger partial charge in [0, 0.05) is 12.4 Å². The highest BCUT2D eigenvalue weighted by atomic mass is 16.5. The van der Waals surface area contributed by atoms with Crippen molar-refractivity contribution < 1.29 is 9.53 Å². The van der Waals surface area contributed by atoms with Crippen molar-refractivity contribution in [3.63, 3.8) is 0 Å². The minimum absolute atomic E-state index is 0.0215. The standard InChI is InChI=1S/C14H11N5O3/c1-18-8-6-4-3-5-7(8)9-12(20)15-11-10(14(21)22-2)16-17-19(11)13(9)18/h3-6,17H,1-2H3. The van der Waals surface area contributed by atoms with E-state index in [2.05, 4.69) is 20.0 Å². The summed E-state index contributed by atoms with van der Waals surface area (Å²) >= 11 is 0. The fourth-order valence-electron chi connectivity index (χ4n) is 2.79. The molecule has 3 heterocycles. The van der Waals surface area contributed by atoms with Gasteiger partial charge < -0.3 is 9.30 Å². The average Bonchev–Trinajstić information content (AvgIpc) is 3.07. The van der Waals surface area contributed by atoms with Crippen molar-refractivity contribution >= 4 is 33.6 Å². The molecule has 8 nitrogen and oxygen atoms in total. The second kappa shape index (κ2) is 4.17. The highest BCUT2D eigenvalue weighted by Gasteiger charge is 2.21. The molecule has 0 aliphatic heterocycles. The van der Waals surface area contributed by atoms with Gasteiger partial charge in [0.1, 0.15) is 5.65 Å². The Bertz CT molecular complexity index is 1120. The van der Waals surface area contributed by atoms with E-state index in [0.717, 1.165) is 10.9 Å². The lowest BCUT2D eigenvalue weighted by Crippen LogP contribution is -2.12. The predicted octanol–water partition coefficient (Wildman–Crippen LogP) is 0.849. The third kappa shape index (κ3) is 1.40. The third-order valence-corrected chi connectivity index (χ3v) is 3.77. The number of aryl methyl sites for hydroxylation is 1. The molecule has 110 valence electrons. The SMILES string of the molecule is COC(=O)c1n[nH]n2c1nc(=O)c1c3ccccc3n(C)c12. The monoisotopic (exact) mass is 297 g/mol. The number of esters is 1. The summed E-state index contributed by atoms with van der Waals surface area (Å²) in [6.07, 6.45) is 0. The summed E-state index contributed by atoms with van der Waals surface area (Å²) in [6, 6.07) is 7.54. The molecule has 0 aliphatic carbocycles. The van der Waals surface area contributed by atoms with Crippen molar-refractivity contribution in [3.8, 4) is 0 Å². The van der Waals surface area contributed by atoms with Crippen LogP contribution in [0.4, 0.5) is 0 Å². The number of hydrogen-bond donors (Lipinski definition) is 1. The van der Waals surface area contributed by atoms with E-state index in [9.17, 15) is 9.59 Å². The second-order valence-electron chi connectivity index (χ2n) is 4.90. The smallest absolute Gasteiger partial charge is 0.362 e. The molecule has 8 heteroatoms. The lowest BCUT2D eigenvalue weighted by molar-refractivity contribution is 0.0596. The van der Waals surface area contributed by atoms with Crippen LogP contribution in [-0.2, 0) is 11.8 Å². The fraction of sp³-hybridized carbons (Fsp3) is 0.143. The van der Waals surface area contributed by atoms with Gasteiger partial charge in [-0.15, -0.1) is 5.10 Å². The molecule has 0 unspecified atom stereocenters. The summed E-state index contributed by atoms with van der Waals surface area (Å²) in [5.41, 5.74) is 1.21. The number of carbonyl (C=O) groups excluding carboxylic acids is 1. The lowest BCUT2D eigenvalue weighted by atomic mass is 10.2. The molecule has 4 aromatic rings. The van der Waals surface area contributed by atoms with Crippen LogP contribution in [0.25, 0.3) is 27.6 Å². The number of fused-ring (bicyclic) bond motifs is 5. The number of H-pyrrole nitrogens is 1. The van der Waals surface area contributed by atoms with Gasteiger partial charge in [-0.3, -0.25) is 4.79 Å². The van der Waals surface area contributed by atoms with E-state index in [0.29, 0.717) is 11.0 Å². The molecule has 3 aromatic heterocycles. The lowest BCUT2D eigenvalue weighted by Gasteiger charge is -2.00. The van der Waals surface area contributed by atoms with Crippen LogP contribution in [0.15, 0.2) is 29.1 Å². The summed E-state index contributed by atoms with van der Waals surface area (Å²) in [4.78, 5) is 28.2. The van der Waals surface area contributed by atoms with Gasteiger partial charge in [-0.1, -0.05) is 18.2 Å². The maximum atomic E-state index is 12.4. The first-order valence-corrected chi connectivity index (χ1v) is 6.56. The molecule has 0 saturated heterocycles. The van der Waals surface area contributed by atoms with Gasteiger partial charge in [0.15, 0.2) is 5.65 Å². The molecule has 1 N–H and O–H groups in total. The van der Waals surface area contributed by atoms with E-state index in [4.69, 9.17) is 0 Å². The fourth-order valence-corrected chi connectivity index (χ4v) is 2.79. The van der Waals surface area contributed by atoms with Crippen LogP contribution < -0.4 is 5.56 Å². The largest absolute Gasteiger partial charge is 0.464 e. The van der Waals surface area contributed by atoms with Crippen molar-refractivity contribution in [2.75, 3.05) is 7.11 Å². The van der Waals surface area contributed by atoms with Gasteiger partial charge >= 0.3 is 5.97 Å². The van der Waals surface area contributed by atoms with Crippen molar-refractivity contribution in [3.05, 3.63) is 40.3 Å². The molecule has 0 bridgehead atoms. The van der Waals surface area contributed by atoms with Crippen LogP contribution >= 0.6 is 0 Å². The van der Waals surface area contributed by atoms with E-state index in [1.807, 2.05) is 35.9 Å². The van der Waals surface area contributed by atoms with Crippen LogP contribution in [0.2, 0.25) is 0 Å². The Balaban J connectivity index is 2.29. The number of ether oxygens (including phenoxy) is 1. The molecular formula is C14H11N5O3. The molecule has 0 atom stereocenters. The van der Waals surface area contributed by atoms with Crippen LogP contribution in [0.1, 0.15) is 10.5 Å². The topological polar surface area (TPSA) is 94.3 Å². The van der Waals surface area contributed by atoms with Gasteiger partial charge in [0.2, 0.25) is 5.69 Å². The molecule has 0 fully saturated rings. The highest BCUT2D eigenvalue weighted by molar-refractivity contribution is 6.07. The van der Waals surface area contributed by atoms with Gasteiger partial charge in [0.25, 0.3) is 5.56 Å². The third-order valence-electron chi connectivity index (χ3n) is 3.77. The number of aromatic nitrogens is 5.